The lowest BCUT2D eigenvalue weighted by Crippen LogP contribution is -2.48. The van der Waals surface area contributed by atoms with Crippen molar-refractivity contribution in [1.29, 1.82) is 0 Å². The van der Waals surface area contributed by atoms with E-state index in [0.29, 0.717) is 44.8 Å². The summed E-state index contributed by atoms with van der Waals surface area (Å²) in [5.74, 6) is -0.357. The van der Waals surface area contributed by atoms with Gasteiger partial charge in [-0.1, -0.05) is 24.3 Å². The number of aryl methyl sites for hydroxylation is 1. The van der Waals surface area contributed by atoms with Gasteiger partial charge in [0.15, 0.2) is 5.82 Å². The molecule has 2 fully saturated rings. The van der Waals surface area contributed by atoms with Crippen LogP contribution in [0.25, 0.3) is 0 Å². The number of hydrogen-bond acceptors (Lipinski definition) is 4. The van der Waals surface area contributed by atoms with Crippen LogP contribution < -0.4 is 5.32 Å². The van der Waals surface area contributed by atoms with E-state index in [-0.39, 0.29) is 35.6 Å². The highest BCUT2D eigenvalue weighted by Gasteiger charge is 2.47. The molecule has 3 heterocycles. The Morgan fingerprint density at radius 3 is 2.68 bits per heavy atom. The quantitative estimate of drug-likeness (QED) is 0.739. The first kappa shape index (κ1) is 22.6. The van der Waals surface area contributed by atoms with Crippen LogP contribution in [0.2, 0.25) is 0 Å². The lowest BCUT2D eigenvalue weighted by Gasteiger charge is -2.33. The molecule has 3 aliphatic rings. The Morgan fingerprint density at radius 1 is 1.06 bits per heavy atom. The predicted molar refractivity (Wildman–Crippen MR) is 127 cm³/mol. The van der Waals surface area contributed by atoms with Crippen molar-refractivity contribution >= 4 is 17.7 Å². The minimum atomic E-state index is -0.381. The molecule has 0 spiro atoms. The van der Waals surface area contributed by atoms with Crippen LogP contribution >= 0.6 is 0 Å². The molecule has 0 unspecified atom stereocenters. The van der Waals surface area contributed by atoms with Gasteiger partial charge in [-0.05, 0) is 49.7 Å². The van der Waals surface area contributed by atoms with Crippen LogP contribution in [0, 0.1) is 11.8 Å². The third kappa shape index (κ3) is 4.33. The van der Waals surface area contributed by atoms with Gasteiger partial charge < -0.3 is 19.7 Å². The second-order valence-electron chi connectivity index (χ2n) is 9.83. The minimum absolute atomic E-state index is 0.0381. The van der Waals surface area contributed by atoms with Gasteiger partial charge in [0.05, 0.1) is 5.92 Å². The monoisotopic (exact) mass is 463 g/mol. The highest BCUT2D eigenvalue weighted by molar-refractivity contribution is 5.92. The summed E-state index contributed by atoms with van der Waals surface area (Å²) in [5, 5.41) is 3.06. The van der Waals surface area contributed by atoms with Crippen LogP contribution in [-0.2, 0) is 29.6 Å². The number of rotatable bonds is 2. The number of carbonyl (C=O) groups excluding carboxylic acids is 3. The number of hydrogen-bond donors (Lipinski definition) is 1. The first-order chi connectivity index (χ1) is 16.5. The first-order valence-electron chi connectivity index (χ1n) is 12.4. The maximum atomic E-state index is 13.6. The summed E-state index contributed by atoms with van der Waals surface area (Å²) in [7, 11) is 1.81. The van der Waals surface area contributed by atoms with Crippen molar-refractivity contribution in [1.82, 2.24) is 24.7 Å². The summed E-state index contributed by atoms with van der Waals surface area (Å²) < 4.78 is 1.72. The molecule has 2 aromatic rings. The lowest BCUT2D eigenvalue weighted by molar-refractivity contribution is -0.136. The molecule has 1 saturated carbocycles. The zero-order valence-electron chi connectivity index (χ0n) is 19.8. The molecule has 0 radical (unpaired) electrons. The van der Waals surface area contributed by atoms with E-state index < -0.39 is 0 Å². The number of nitrogens with one attached hydrogen (secondary N) is 1. The Labute approximate surface area is 200 Å². The normalized spacial score (nSPS) is 25.3. The second-order valence-corrected chi connectivity index (χ2v) is 9.83. The van der Waals surface area contributed by atoms with Crippen LogP contribution in [0.5, 0.6) is 0 Å². The fraction of sp³-hybridized carbons (Fsp3) is 0.538. The fourth-order valence-electron chi connectivity index (χ4n) is 5.83. The van der Waals surface area contributed by atoms with Crippen LogP contribution in [0.3, 0.4) is 0 Å². The van der Waals surface area contributed by atoms with E-state index in [0.717, 1.165) is 25.7 Å². The maximum Gasteiger partial charge on any atom is 0.290 e. The van der Waals surface area contributed by atoms with Gasteiger partial charge in [-0.25, -0.2) is 4.98 Å². The van der Waals surface area contributed by atoms with Gasteiger partial charge in [-0.3, -0.25) is 14.4 Å². The molecule has 3 atom stereocenters. The molecule has 3 amide bonds. The van der Waals surface area contributed by atoms with E-state index in [1.54, 1.807) is 24.0 Å². The van der Waals surface area contributed by atoms with Crippen molar-refractivity contribution in [3.8, 4) is 0 Å². The average Bonchev–Trinajstić information content (AvgIpc) is 3.49. The van der Waals surface area contributed by atoms with E-state index in [4.69, 9.17) is 0 Å². The van der Waals surface area contributed by atoms with Gasteiger partial charge in [0.1, 0.15) is 0 Å². The van der Waals surface area contributed by atoms with E-state index in [9.17, 15) is 14.4 Å². The van der Waals surface area contributed by atoms with Gasteiger partial charge in [0, 0.05) is 57.6 Å². The molecular weight excluding hydrogens is 430 g/mol. The first-order valence-corrected chi connectivity index (χ1v) is 12.4. The van der Waals surface area contributed by atoms with E-state index in [1.165, 1.54) is 11.1 Å². The van der Waals surface area contributed by atoms with Crippen molar-refractivity contribution in [2.45, 2.75) is 51.1 Å². The van der Waals surface area contributed by atoms with Crippen molar-refractivity contribution in [3.05, 3.63) is 53.6 Å². The van der Waals surface area contributed by atoms with Crippen molar-refractivity contribution in [2.24, 2.45) is 18.9 Å². The SMILES string of the molecule is Cn1ccnc1C(=O)N1CCCCCNC(=O)[C@H]2C[C@H](C(=O)N3CCc4ccccc4C3)C[C@H]21. The largest absolute Gasteiger partial charge is 0.356 e. The molecule has 1 aromatic carbocycles. The standard InChI is InChI=1S/C26H33N5O3/c1-29-14-11-27-23(29)26(34)31-12-6-2-5-10-28-24(32)21-15-20(16-22(21)31)25(33)30-13-9-18-7-3-4-8-19(18)17-30/h3-4,7-8,11,14,20-22H,2,5-6,9-10,12-13,15-17H2,1H3,(H,28,32)/t20-,21-,22+/m0/s1. The summed E-state index contributed by atoms with van der Waals surface area (Å²) in [4.78, 5) is 48.3. The summed E-state index contributed by atoms with van der Waals surface area (Å²) >= 11 is 0. The zero-order valence-corrected chi connectivity index (χ0v) is 19.8. The van der Waals surface area contributed by atoms with Crippen molar-refractivity contribution in [2.75, 3.05) is 19.6 Å². The molecule has 1 saturated heterocycles. The third-order valence-electron chi connectivity index (χ3n) is 7.71. The molecule has 1 aromatic heterocycles. The molecule has 8 heteroatoms. The molecule has 2 aliphatic heterocycles. The van der Waals surface area contributed by atoms with Crippen molar-refractivity contribution in [3.63, 3.8) is 0 Å². The number of nitrogens with zero attached hydrogens (tertiary/aromatic N) is 4. The maximum absolute atomic E-state index is 13.6. The van der Waals surface area contributed by atoms with E-state index in [1.807, 2.05) is 21.9 Å². The van der Waals surface area contributed by atoms with E-state index >= 15 is 0 Å². The molecule has 34 heavy (non-hydrogen) atoms. The molecule has 180 valence electrons. The highest BCUT2D eigenvalue weighted by atomic mass is 16.2. The topological polar surface area (TPSA) is 87.5 Å². The summed E-state index contributed by atoms with van der Waals surface area (Å²) in [6, 6.07) is 7.98. The zero-order chi connectivity index (χ0) is 23.7. The fourth-order valence-corrected chi connectivity index (χ4v) is 5.83. The third-order valence-corrected chi connectivity index (χ3v) is 7.71. The number of amides is 3. The molecule has 5 rings (SSSR count). The number of fused-ring (bicyclic) bond motifs is 2. The summed E-state index contributed by atoms with van der Waals surface area (Å²) in [5.41, 5.74) is 2.50. The van der Waals surface area contributed by atoms with Crippen LogP contribution in [0.15, 0.2) is 36.7 Å². The van der Waals surface area contributed by atoms with Crippen LogP contribution in [0.4, 0.5) is 0 Å². The van der Waals surface area contributed by atoms with Gasteiger partial charge >= 0.3 is 0 Å². The van der Waals surface area contributed by atoms with Crippen LogP contribution in [0.1, 0.15) is 53.8 Å². The highest BCUT2D eigenvalue weighted by Crippen LogP contribution is 2.38. The molecule has 0 bridgehead atoms. The summed E-state index contributed by atoms with van der Waals surface area (Å²) in [6.45, 7) is 2.54. The number of benzene rings is 1. The van der Waals surface area contributed by atoms with Gasteiger partial charge in [-0.15, -0.1) is 0 Å². The minimum Gasteiger partial charge on any atom is -0.356 e. The average molecular weight is 464 g/mol. The Bertz CT molecular complexity index is 1080. The number of carbonyl (C=O) groups is 3. The van der Waals surface area contributed by atoms with Gasteiger partial charge in [0.25, 0.3) is 5.91 Å². The van der Waals surface area contributed by atoms with Crippen molar-refractivity contribution < 1.29 is 14.4 Å². The molecule has 1 N–H and O–H groups in total. The predicted octanol–water partition coefficient (Wildman–Crippen LogP) is 2.14. The Morgan fingerprint density at radius 2 is 1.88 bits per heavy atom. The Kier molecular flexibility index (Phi) is 6.39. The molecular formula is C26H33N5O3. The Balaban J connectivity index is 1.39. The second kappa shape index (κ2) is 9.60. The smallest absolute Gasteiger partial charge is 0.290 e. The number of aromatic nitrogens is 2. The van der Waals surface area contributed by atoms with Crippen LogP contribution in [-0.4, -0.2) is 62.7 Å². The van der Waals surface area contributed by atoms with Gasteiger partial charge in [0.2, 0.25) is 11.8 Å². The lowest BCUT2D eigenvalue weighted by atomic mass is 9.97. The van der Waals surface area contributed by atoms with Gasteiger partial charge in [-0.2, -0.15) is 0 Å². The molecule has 1 aliphatic carbocycles. The molecule has 8 nitrogen and oxygen atoms in total. The summed E-state index contributed by atoms with van der Waals surface area (Å²) in [6.07, 6.45) is 7.94. The number of imidazole rings is 1. The Hall–Kier alpha value is -3.16. The van der Waals surface area contributed by atoms with E-state index in [2.05, 4.69) is 22.4 Å².